The maximum atomic E-state index is 13.4. The van der Waals surface area contributed by atoms with Crippen LogP contribution in [0.5, 0.6) is 0 Å². The van der Waals surface area contributed by atoms with Crippen molar-refractivity contribution < 1.29 is 4.79 Å². The van der Waals surface area contributed by atoms with Gasteiger partial charge in [-0.3, -0.25) is 4.79 Å². The van der Waals surface area contributed by atoms with Gasteiger partial charge in [0, 0.05) is 39.6 Å². The molecule has 1 aliphatic carbocycles. The van der Waals surface area contributed by atoms with Crippen molar-refractivity contribution in [1.29, 1.82) is 0 Å². The number of rotatable bonds is 5. The number of pyridine rings is 1. The zero-order chi connectivity index (χ0) is 22.9. The lowest BCUT2D eigenvalue weighted by atomic mass is 9.82. The Bertz CT molecular complexity index is 1320. The Balaban J connectivity index is 1.48. The van der Waals surface area contributed by atoms with Crippen molar-refractivity contribution in [3.63, 3.8) is 0 Å². The Morgan fingerprint density at radius 3 is 2.67 bits per heavy atom. The summed E-state index contributed by atoms with van der Waals surface area (Å²) in [6.45, 7) is 3.50. The molecule has 6 heteroatoms. The van der Waals surface area contributed by atoms with E-state index < -0.39 is 0 Å². The molecule has 0 bridgehead atoms. The van der Waals surface area contributed by atoms with Gasteiger partial charge in [0.1, 0.15) is 0 Å². The summed E-state index contributed by atoms with van der Waals surface area (Å²) in [5.41, 5.74) is 11.1. The van der Waals surface area contributed by atoms with Crippen molar-refractivity contribution in [1.82, 2.24) is 15.3 Å². The molecule has 4 N–H and O–H groups in total. The summed E-state index contributed by atoms with van der Waals surface area (Å²) in [4.78, 5) is 21.6. The second-order valence-corrected chi connectivity index (χ2v) is 9.74. The second-order valence-electron chi connectivity index (χ2n) is 9.30. The lowest BCUT2D eigenvalue weighted by Crippen LogP contribution is -2.32. The maximum absolute atomic E-state index is 13.4. The fraction of sp³-hybridized carbons (Fsp3) is 0.333. The summed E-state index contributed by atoms with van der Waals surface area (Å²) in [5.74, 6) is 1.10. The molecule has 33 heavy (non-hydrogen) atoms. The van der Waals surface area contributed by atoms with Crippen LogP contribution in [0, 0.1) is 18.8 Å². The van der Waals surface area contributed by atoms with E-state index in [0.29, 0.717) is 29.0 Å². The van der Waals surface area contributed by atoms with E-state index in [2.05, 4.69) is 10.3 Å². The molecular formula is C27H29ClN4O. The zero-order valence-electron chi connectivity index (χ0n) is 18.8. The molecule has 1 aliphatic rings. The average molecular weight is 461 g/mol. The topological polar surface area (TPSA) is 83.8 Å². The van der Waals surface area contributed by atoms with Crippen LogP contribution >= 0.6 is 11.6 Å². The molecule has 0 aliphatic heterocycles. The van der Waals surface area contributed by atoms with Gasteiger partial charge in [0.25, 0.3) is 5.91 Å². The van der Waals surface area contributed by atoms with Crippen LogP contribution in [0.4, 0.5) is 0 Å². The summed E-state index contributed by atoms with van der Waals surface area (Å²) in [6.07, 6.45) is 6.49. The van der Waals surface area contributed by atoms with Crippen molar-refractivity contribution >= 4 is 39.3 Å². The van der Waals surface area contributed by atoms with Crippen molar-refractivity contribution in [3.05, 3.63) is 64.8 Å². The summed E-state index contributed by atoms with van der Waals surface area (Å²) < 4.78 is 0. The fourth-order valence-electron chi connectivity index (χ4n) is 4.97. The largest absolute Gasteiger partial charge is 0.360 e. The first-order valence-corrected chi connectivity index (χ1v) is 12.1. The molecule has 2 heterocycles. The number of nitrogens with two attached hydrogens (primary N) is 1. The number of amides is 1. The van der Waals surface area contributed by atoms with Gasteiger partial charge < -0.3 is 16.0 Å². The van der Waals surface area contributed by atoms with Crippen molar-refractivity contribution in [2.45, 2.75) is 32.6 Å². The van der Waals surface area contributed by atoms with Crippen LogP contribution in [-0.4, -0.2) is 29.0 Å². The zero-order valence-corrected chi connectivity index (χ0v) is 19.6. The molecule has 1 amide bonds. The van der Waals surface area contributed by atoms with Crippen LogP contribution in [0.2, 0.25) is 5.02 Å². The number of fused-ring (bicyclic) bond motifs is 2. The molecular weight excluding hydrogens is 432 g/mol. The van der Waals surface area contributed by atoms with Gasteiger partial charge in [-0.2, -0.15) is 0 Å². The number of halogens is 1. The molecule has 2 aromatic heterocycles. The third kappa shape index (κ3) is 4.48. The Kier molecular flexibility index (Phi) is 6.09. The number of hydrogen-bond donors (Lipinski definition) is 3. The first kappa shape index (κ1) is 21.9. The normalized spacial score (nSPS) is 18.6. The average Bonchev–Trinajstić information content (AvgIpc) is 3.25. The van der Waals surface area contributed by atoms with E-state index in [1.807, 2.05) is 55.6 Å². The monoisotopic (exact) mass is 460 g/mol. The number of H-pyrrole nitrogens is 1. The van der Waals surface area contributed by atoms with Crippen LogP contribution < -0.4 is 11.1 Å². The minimum Gasteiger partial charge on any atom is -0.360 e. The molecule has 170 valence electrons. The van der Waals surface area contributed by atoms with E-state index >= 15 is 0 Å². The molecule has 0 spiro atoms. The van der Waals surface area contributed by atoms with Crippen molar-refractivity contribution in [2.75, 3.05) is 13.1 Å². The SMILES string of the molecule is Cc1ccc2nc(-c3c[nH]c4ccc(Cl)cc34)cc(C(=O)NCC3CCC(CN)CC3)c2c1. The Morgan fingerprint density at radius 1 is 1.09 bits per heavy atom. The van der Waals surface area contributed by atoms with Gasteiger partial charge in [0.15, 0.2) is 0 Å². The molecule has 2 aromatic carbocycles. The summed E-state index contributed by atoms with van der Waals surface area (Å²) in [7, 11) is 0. The number of nitrogens with zero attached hydrogens (tertiary/aromatic N) is 1. The highest BCUT2D eigenvalue weighted by Gasteiger charge is 2.22. The standard InChI is InChI=1S/C27H29ClN4O/c1-16-2-8-25-20(10-16)22(27(33)31-14-18-5-3-17(13-29)4-6-18)12-26(32-25)23-15-30-24-9-7-19(28)11-21(23)24/h2,7-12,15,17-18,30H,3-6,13-14,29H2,1H3,(H,31,33). The number of aryl methyl sites for hydroxylation is 1. The number of hydrogen-bond acceptors (Lipinski definition) is 3. The maximum Gasteiger partial charge on any atom is 0.252 e. The molecule has 1 saturated carbocycles. The van der Waals surface area contributed by atoms with Gasteiger partial charge in [0.2, 0.25) is 0 Å². The highest BCUT2D eigenvalue weighted by Crippen LogP contribution is 2.32. The van der Waals surface area contributed by atoms with Gasteiger partial charge in [-0.1, -0.05) is 23.2 Å². The third-order valence-corrected chi connectivity index (χ3v) is 7.21. The van der Waals surface area contributed by atoms with Gasteiger partial charge in [-0.25, -0.2) is 4.98 Å². The Labute approximate surface area is 198 Å². The first-order chi connectivity index (χ1) is 16.0. The number of nitrogens with one attached hydrogen (secondary N) is 2. The van der Waals surface area contributed by atoms with Crippen molar-refractivity contribution in [2.24, 2.45) is 17.6 Å². The van der Waals surface area contributed by atoms with Crippen LogP contribution in [0.25, 0.3) is 33.1 Å². The minimum absolute atomic E-state index is 0.0481. The molecule has 0 saturated heterocycles. The van der Waals surface area contributed by atoms with Crippen LogP contribution in [0.15, 0.2) is 48.7 Å². The third-order valence-electron chi connectivity index (χ3n) is 6.98. The van der Waals surface area contributed by atoms with E-state index in [4.69, 9.17) is 22.3 Å². The number of benzene rings is 2. The Hall–Kier alpha value is -2.89. The van der Waals surface area contributed by atoms with Gasteiger partial charge >= 0.3 is 0 Å². The van der Waals surface area contributed by atoms with Gasteiger partial charge in [-0.05, 0) is 87.4 Å². The molecule has 5 rings (SSSR count). The predicted octanol–water partition coefficient (Wildman–Crippen LogP) is 5.84. The minimum atomic E-state index is -0.0481. The number of aromatic nitrogens is 2. The number of carbonyl (C=O) groups is 1. The van der Waals surface area contributed by atoms with E-state index in [1.54, 1.807) is 0 Å². The lowest BCUT2D eigenvalue weighted by molar-refractivity contribution is 0.0943. The fourth-order valence-corrected chi connectivity index (χ4v) is 5.15. The van der Waals surface area contributed by atoms with Crippen LogP contribution in [0.3, 0.4) is 0 Å². The molecule has 0 atom stereocenters. The molecule has 0 unspecified atom stereocenters. The highest BCUT2D eigenvalue weighted by molar-refractivity contribution is 6.31. The van der Waals surface area contributed by atoms with Gasteiger partial charge in [-0.15, -0.1) is 0 Å². The smallest absolute Gasteiger partial charge is 0.252 e. The predicted molar refractivity (Wildman–Crippen MR) is 136 cm³/mol. The van der Waals surface area contributed by atoms with E-state index in [1.165, 1.54) is 0 Å². The Morgan fingerprint density at radius 2 is 1.88 bits per heavy atom. The lowest BCUT2D eigenvalue weighted by Gasteiger charge is -2.27. The van der Waals surface area contributed by atoms with Crippen LogP contribution in [0.1, 0.15) is 41.6 Å². The number of carbonyl (C=O) groups excluding carboxylic acids is 1. The quantitative estimate of drug-likeness (QED) is 0.349. The summed E-state index contributed by atoms with van der Waals surface area (Å²) in [6, 6.07) is 13.7. The molecule has 5 nitrogen and oxygen atoms in total. The summed E-state index contributed by atoms with van der Waals surface area (Å²) >= 11 is 6.26. The second kappa shape index (κ2) is 9.16. The van der Waals surface area contributed by atoms with Crippen molar-refractivity contribution in [3.8, 4) is 11.3 Å². The highest BCUT2D eigenvalue weighted by atomic mass is 35.5. The van der Waals surface area contributed by atoms with E-state index in [9.17, 15) is 4.79 Å². The van der Waals surface area contributed by atoms with Gasteiger partial charge in [0.05, 0.1) is 16.8 Å². The molecule has 1 fully saturated rings. The molecule has 0 radical (unpaired) electrons. The van der Waals surface area contributed by atoms with E-state index in [-0.39, 0.29) is 5.91 Å². The first-order valence-electron chi connectivity index (χ1n) is 11.7. The summed E-state index contributed by atoms with van der Waals surface area (Å²) in [5, 5.41) is 5.74. The van der Waals surface area contributed by atoms with E-state index in [0.717, 1.165) is 70.9 Å². The number of aromatic amines is 1. The molecule has 4 aromatic rings. The van der Waals surface area contributed by atoms with Crippen LogP contribution in [-0.2, 0) is 0 Å².